The van der Waals surface area contributed by atoms with Crippen molar-refractivity contribution in [2.45, 2.75) is 51.7 Å². The Balaban J connectivity index is 1.65. The first-order valence-electron chi connectivity index (χ1n) is 11.0. The molecular formula is C25H31N5O3S. The minimum absolute atomic E-state index is 0.0454. The van der Waals surface area contributed by atoms with Crippen molar-refractivity contribution in [3.05, 3.63) is 53.6 Å². The molecule has 0 saturated heterocycles. The average molecular weight is 482 g/mol. The van der Waals surface area contributed by atoms with Gasteiger partial charge in [-0.25, -0.2) is 5.43 Å². The first-order valence-corrected chi connectivity index (χ1v) is 12.0. The van der Waals surface area contributed by atoms with Crippen molar-refractivity contribution in [1.82, 2.24) is 20.2 Å². The Morgan fingerprint density at radius 3 is 2.50 bits per heavy atom. The van der Waals surface area contributed by atoms with Crippen LogP contribution in [0.15, 0.2) is 52.7 Å². The Morgan fingerprint density at radius 2 is 1.88 bits per heavy atom. The molecule has 9 heteroatoms. The van der Waals surface area contributed by atoms with Crippen molar-refractivity contribution < 1.29 is 14.6 Å². The molecule has 0 spiro atoms. The summed E-state index contributed by atoms with van der Waals surface area (Å²) in [6.45, 7) is 11.0. The van der Waals surface area contributed by atoms with Crippen molar-refractivity contribution in [3.63, 3.8) is 0 Å². The molecule has 3 aromatic rings. The SMILES string of the molecule is CCn1c(SCC(=O)N/N=C(\C)c2ccc(O)c(OC)c2)nnc1-c1ccc(C(C)(C)C)cc1. The predicted octanol–water partition coefficient (Wildman–Crippen LogP) is 4.61. The van der Waals surface area contributed by atoms with Gasteiger partial charge < -0.3 is 14.4 Å². The standard InChI is InChI=1S/C25H31N5O3S/c1-7-30-23(17-8-11-19(12-9-17)25(3,4)5)28-29-24(30)34-15-22(32)27-26-16(2)18-10-13-20(31)21(14-18)33-6/h8-14,31H,7,15H2,1-6H3,(H,27,32)/b26-16+. The number of phenolic OH excluding ortho intramolecular Hbond substituents is 1. The topological polar surface area (TPSA) is 102 Å². The summed E-state index contributed by atoms with van der Waals surface area (Å²) >= 11 is 1.31. The summed E-state index contributed by atoms with van der Waals surface area (Å²) in [6.07, 6.45) is 0. The zero-order chi connectivity index (χ0) is 24.9. The molecule has 0 aliphatic carbocycles. The van der Waals surface area contributed by atoms with Gasteiger partial charge in [-0.1, -0.05) is 56.8 Å². The van der Waals surface area contributed by atoms with Crippen molar-refractivity contribution in [3.8, 4) is 22.9 Å². The quantitative estimate of drug-likeness (QED) is 0.277. The first kappa shape index (κ1) is 25.3. The maximum Gasteiger partial charge on any atom is 0.250 e. The number of methoxy groups -OCH3 is 1. The van der Waals surface area contributed by atoms with Gasteiger partial charge in [-0.3, -0.25) is 4.79 Å². The summed E-state index contributed by atoms with van der Waals surface area (Å²) in [6, 6.07) is 13.3. The van der Waals surface area contributed by atoms with Gasteiger partial charge in [0.05, 0.1) is 18.6 Å². The number of carbonyl (C=O) groups is 1. The van der Waals surface area contributed by atoms with Gasteiger partial charge in [0.15, 0.2) is 22.5 Å². The predicted molar refractivity (Wildman–Crippen MR) is 136 cm³/mol. The number of hydrogen-bond donors (Lipinski definition) is 2. The molecule has 180 valence electrons. The number of carbonyl (C=O) groups excluding carboxylic acids is 1. The van der Waals surface area contributed by atoms with E-state index in [1.54, 1.807) is 19.1 Å². The van der Waals surface area contributed by atoms with Crippen molar-refractivity contribution in [1.29, 1.82) is 0 Å². The number of phenols is 1. The summed E-state index contributed by atoms with van der Waals surface area (Å²) in [4.78, 5) is 12.4. The summed E-state index contributed by atoms with van der Waals surface area (Å²) < 4.78 is 7.12. The molecule has 3 rings (SSSR count). The van der Waals surface area contributed by atoms with Crippen LogP contribution in [0.4, 0.5) is 0 Å². The van der Waals surface area contributed by atoms with Gasteiger partial charge in [0.1, 0.15) is 0 Å². The van der Waals surface area contributed by atoms with Crippen LogP contribution >= 0.6 is 11.8 Å². The van der Waals surface area contributed by atoms with Crippen LogP contribution in [0.25, 0.3) is 11.4 Å². The normalized spacial score (nSPS) is 12.0. The van der Waals surface area contributed by atoms with Crippen molar-refractivity contribution >= 4 is 23.4 Å². The van der Waals surface area contributed by atoms with Crippen LogP contribution in [0, 0.1) is 0 Å². The summed E-state index contributed by atoms with van der Waals surface area (Å²) in [5.74, 6) is 1.06. The van der Waals surface area contributed by atoms with E-state index < -0.39 is 0 Å². The van der Waals surface area contributed by atoms with Crippen LogP contribution in [-0.4, -0.2) is 44.4 Å². The van der Waals surface area contributed by atoms with E-state index in [1.807, 2.05) is 11.5 Å². The molecule has 2 N–H and O–H groups in total. The molecule has 8 nitrogen and oxygen atoms in total. The number of hydrogen-bond acceptors (Lipinski definition) is 7. The summed E-state index contributed by atoms with van der Waals surface area (Å²) in [7, 11) is 1.48. The van der Waals surface area contributed by atoms with Crippen molar-refractivity contribution in [2.24, 2.45) is 5.10 Å². The maximum atomic E-state index is 12.4. The lowest BCUT2D eigenvalue weighted by Crippen LogP contribution is -2.21. The van der Waals surface area contributed by atoms with Gasteiger partial charge in [-0.2, -0.15) is 5.10 Å². The van der Waals surface area contributed by atoms with Gasteiger partial charge in [0.25, 0.3) is 5.91 Å². The van der Waals surface area contributed by atoms with E-state index in [0.29, 0.717) is 23.2 Å². The highest BCUT2D eigenvalue weighted by molar-refractivity contribution is 7.99. The second kappa shape index (κ2) is 10.7. The highest BCUT2D eigenvalue weighted by atomic mass is 32.2. The molecule has 0 aliphatic rings. The van der Waals surface area contributed by atoms with Gasteiger partial charge in [0.2, 0.25) is 0 Å². The number of amides is 1. The monoisotopic (exact) mass is 481 g/mol. The average Bonchev–Trinajstić information content (AvgIpc) is 3.24. The molecule has 0 bridgehead atoms. The lowest BCUT2D eigenvalue weighted by Gasteiger charge is -2.19. The number of thioether (sulfide) groups is 1. The van der Waals surface area contributed by atoms with E-state index in [1.165, 1.54) is 30.5 Å². The molecule has 1 aromatic heterocycles. The van der Waals surface area contributed by atoms with Crippen molar-refractivity contribution in [2.75, 3.05) is 12.9 Å². The molecule has 0 fully saturated rings. The third-order valence-electron chi connectivity index (χ3n) is 5.32. The van der Waals surface area contributed by atoms with Gasteiger partial charge >= 0.3 is 0 Å². The third-order valence-corrected chi connectivity index (χ3v) is 6.29. The van der Waals surface area contributed by atoms with E-state index in [4.69, 9.17) is 4.74 Å². The van der Waals surface area contributed by atoms with E-state index in [2.05, 4.69) is 65.8 Å². The second-order valence-corrected chi connectivity index (χ2v) is 9.73. The van der Waals surface area contributed by atoms with Gasteiger partial charge in [-0.05, 0) is 43.0 Å². The number of hydrazone groups is 1. The minimum atomic E-state index is -0.253. The highest BCUT2D eigenvalue weighted by Gasteiger charge is 2.17. The van der Waals surface area contributed by atoms with Crippen LogP contribution in [0.2, 0.25) is 0 Å². The Bertz CT molecular complexity index is 1180. The Kier molecular flexibility index (Phi) is 7.98. The fourth-order valence-electron chi connectivity index (χ4n) is 3.29. The van der Waals surface area contributed by atoms with Gasteiger partial charge in [-0.15, -0.1) is 10.2 Å². The Labute approximate surface area is 204 Å². The molecule has 0 radical (unpaired) electrons. The molecule has 1 heterocycles. The Morgan fingerprint density at radius 1 is 1.18 bits per heavy atom. The fourth-order valence-corrected chi connectivity index (χ4v) is 4.08. The number of aromatic nitrogens is 3. The molecule has 0 unspecified atom stereocenters. The second-order valence-electron chi connectivity index (χ2n) is 8.79. The zero-order valence-corrected chi connectivity index (χ0v) is 21.2. The smallest absolute Gasteiger partial charge is 0.250 e. The van der Waals surface area contributed by atoms with Gasteiger partial charge in [0, 0.05) is 17.7 Å². The maximum absolute atomic E-state index is 12.4. The molecule has 0 aliphatic heterocycles. The lowest BCUT2D eigenvalue weighted by molar-refractivity contribution is -0.118. The summed E-state index contributed by atoms with van der Waals surface area (Å²) in [5.41, 5.74) is 6.22. The zero-order valence-electron chi connectivity index (χ0n) is 20.4. The summed E-state index contributed by atoms with van der Waals surface area (Å²) in [5, 5.41) is 23.2. The number of rotatable bonds is 8. The first-order chi connectivity index (χ1) is 16.1. The van der Waals surface area contributed by atoms with Crippen LogP contribution in [0.5, 0.6) is 11.5 Å². The van der Waals surface area contributed by atoms with E-state index in [-0.39, 0.29) is 22.8 Å². The largest absolute Gasteiger partial charge is 0.504 e. The molecule has 1 amide bonds. The molecule has 0 atom stereocenters. The lowest BCUT2D eigenvalue weighted by atomic mass is 9.87. The Hall–Kier alpha value is -3.33. The number of nitrogens with one attached hydrogen (secondary N) is 1. The number of aromatic hydroxyl groups is 1. The molecule has 2 aromatic carbocycles. The van der Waals surface area contributed by atoms with E-state index >= 15 is 0 Å². The highest BCUT2D eigenvalue weighted by Crippen LogP contribution is 2.28. The molecular weight excluding hydrogens is 450 g/mol. The van der Waals surface area contributed by atoms with E-state index in [9.17, 15) is 9.90 Å². The fraction of sp³-hybridized carbons (Fsp3) is 0.360. The number of nitrogens with zero attached hydrogens (tertiary/aromatic N) is 4. The van der Waals surface area contributed by atoms with E-state index in [0.717, 1.165) is 17.0 Å². The third kappa shape index (κ3) is 5.96. The van der Waals surface area contributed by atoms with Crippen LogP contribution in [0.1, 0.15) is 45.7 Å². The van der Waals surface area contributed by atoms with Crippen LogP contribution in [0.3, 0.4) is 0 Å². The van der Waals surface area contributed by atoms with Crippen LogP contribution in [-0.2, 0) is 16.8 Å². The molecule has 0 saturated carbocycles. The molecule has 34 heavy (non-hydrogen) atoms. The van der Waals surface area contributed by atoms with Crippen LogP contribution < -0.4 is 10.2 Å². The number of benzene rings is 2. The number of ether oxygens (including phenoxy) is 1. The minimum Gasteiger partial charge on any atom is -0.504 e.